The van der Waals surface area contributed by atoms with E-state index < -0.39 is 25.2 Å². The normalized spacial score (nSPS) is 33.5. The summed E-state index contributed by atoms with van der Waals surface area (Å²) in [5.41, 5.74) is 0. The van der Waals surface area contributed by atoms with Gasteiger partial charge in [-0.25, -0.2) is 0 Å². The van der Waals surface area contributed by atoms with E-state index in [0.717, 1.165) is 12.8 Å². The van der Waals surface area contributed by atoms with Gasteiger partial charge in [-0.05, 0) is 80.3 Å². The molecule has 16 heteroatoms. The molecule has 0 saturated heterocycles. The predicted octanol–water partition coefficient (Wildman–Crippen LogP) is 9.22. The van der Waals surface area contributed by atoms with Gasteiger partial charge in [0.05, 0.1) is 0 Å². The minimum Gasteiger partial charge on any atom is -0.253 e. The van der Waals surface area contributed by atoms with Crippen molar-refractivity contribution in [2.24, 2.45) is 18.1 Å². The first-order valence-electron chi connectivity index (χ1n) is 6.18. The number of halogens is 6. The van der Waals surface area contributed by atoms with Crippen LogP contribution in [0, 0.1) is 0 Å². The van der Waals surface area contributed by atoms with Crippen molar-refractivity contribution in [1.29, 1.82) is 0 Å². The Morgan fingerprint density at radius 3 is 1.23 bits per heavy atom. The number of nitrogens with one attached hydrogen (secondary N) is 2. The minimum absolute atomic E-state index is 0.557. The maximum absolute atomic E-state index is 6.41. The van der Waals surface area contributed by atoms with Crippen LogP contribution in [-0.4, -0.2) is 13.1 Å². The molecule has 1 aliphatic heterocycles. The smallest absolute Gasteiger partial charge is 0.253 e. The highest BCUT2D eigenvalue weighted by Gasteiger charge is 2.32. The molecule has 0 bridgehead atoms. The molecule has 132 valence electrons. The second-order valence-corrected chi connectivity index (χ2v) is 21.1. The summed E-state index contributed by atoms with van der Waals surface area (Å²) in [6.45, 7) is -0.936. The highest BCUT2D eigenvalue weighted by molar-refractivity contribution is 8.19. The van der Waals surface area contributed by atoms with E-state index in [4.69, 9.17) is 67.4 Å². The molecule has 0 fully saturated rings. The lowest BCUT2D eigenvalue weighted by Crippen LogP contribution is -2.08. The topological polar surface area (TPSA) is 73.5 Å². The van der Waals surface area contributed by atoms with E-state index in [-0.39, 0.29) is 0 Å². The van der Waals surface area contributed by atoms with Gasteiger partial charge in [0.2, 0.25) is 13.4 Å². The van der Waals surface area contributed by atoms with Gasteiger partial charge < -0.3 is 0 Å². The fourth-order valence-corrected chi connectivity index (χ4v) is 23.3. The summed E-state index contributed by atoms with van der Waals surface area (Å²) in [7, 11) is 0. The Hall–Kier alpha value is 2.58. The Balaban J connectivity index is 3.48. The van der Waals surface area contributed by atoms with Crippen LogP contribution in [0.5, 0.6) is 0 Å². The average molecular weight is 509 g/mol. The SMILES string of the molecule is CCCN[P@]1(Cl)=NP(Cl)(Cl)=N[P@@](Cl)(NCCC)=NP(Cl)(Cl)=N1. The van der Waals surface area contributed by atoms with E-state index in [9.17, 15) is 0 Å². The Labute approximate surface area is 160 Å². The molecule has 0 saturated carbocycles. The van der Waals surface area contributed by atoms with Gasteiger partial charge in [0.1, 0.15) is 0 Å². The molecule has 2 atom stereocenters. The molecule has 6 nitrogen and oxygen atoms in total. The lowest BCUT2D eigenvalue weighted by atomic mass is 10.5. The molecule has 0 amide bonds. The van der Waals surface area contributed by atoms with Crippen LogP contribution >= 0.6 is 92.7 Å². The fourth-order valence-electron chi connectivity index (χ4n) is 1.28. The molecular formula is C6H16Cl6N6P4. The summed E-state index contributed by atoms with van der Waals surface area (Å²) in [5.74, 6) is -6.34. The van der Waals surface area contributed by atoms with E-state index in [1.807, 2.05) is 13.8 Å². The van der Waals surface area contributed by atoms with Crippen LogP contribution in [0.2, 0.25) is 0 Å². The molecular weight excluding hydrogens is 493 g/mol. The van der Waals surface area contributed by atoms with Crippen molar-refractivity contribution in [3.63, 3.8) is 0 Å². The number of nitrogens with zero attached hydrogens (tertiary/aromatic N) is 4. The first kappa shape index (κ1) is 22.6. The van der Waals surface area contributed by atoms with Crippen molar-refractivity contribution in [2.75, 3.05) is 13.1 Å². The van der Waals surface area contributed by atoms with Crippen LogP contribution < -0.4 is 10.2 Å². The summed E-state index contributed by atoms with van der Waals surface area (Å²) < 4.78 is 16.9. The highest BCUT2D eigenvalue weighted by atomic mass is 35.9. The van der Waals surface area contributed by atoms with Crippen LogP contribution in [0.4, 0.5) is 0 Å². The first-order valence-corrected chi connectivity index (χ1v) is 18.4. The Bertz CT molecular complexity index is 567. The van der Waals surface area contributed by atoms with Crippen LogP contribution in [-0.2, 0) is 0 Å². The first-order chi connectivity index (χ1) is 9.95. The maximum Gasteiger partial charge on any atom is 0.257 e. The molecule has 0 aromatic heterocycles. The molecule has 0 spiro atoms. The molecule has 0 unspecified atom stereocenters. The monoisotopic (exact) mass is 506 g/mol. The zero-order valence-electron chi connectivity index (χ0n) is 11.7. The summed E-state index contributed by atoms with van der Waals surface area (Å²) in [4.78, 5) is 0. The summed E-state index contributed by atoms with van der Waals surface area (Å²) >= 11 is 37.7. The average Bonchev–Trinajstić information content (AvgIpc) is 2.29. The zero-order valence-corrected chi connectivity index (χ0v) is 19.8. The molecule has 0 aromatic rings. The van der Waals surface area contributed by atoms with Gasteiger partial charge in [-0.3, -0.25) is 10.2 Å². The van der Waals surface area contributed by atoms with Crippen molar-refractivity contribution in [2.45, 2.75) is 26.7 Å². The third kappa shape index (κ3) is 7.86. The van der Waals surface area contributed by atoms with Crippen LogP contribution in [0.25, 0.3) is 0 Å². The third-order valence-corrected chi connectivity index (χ3v) is 18.5. The Morgan fingerprint density at radius 1 is 0.636 bits per heavy atom. The van der Waals surface area contributed by atoms with E-state index in [1.165, 1.54) is 0 Å². The maximum atomic E-state index is 6.41. The molecule has 0 aliphatic carbocycles. The molecule has 22 heavy (non-hydrogen) atoms. The quantitative estimate of drug-likeness (QED) is 0.351. The van der Waals surface area contributed by atoms with Gasteiger partial charge in [0.15, 0.2) is 0 Å². The second kappa shape index (κ2) is 8.98. The summed E-state index contributed by atoms with van der Waals surface area (Å²) in [6.07, 6.45) is 1.62. The van der Waals surface area contributed by atoms with Gasteiger partial charge in [0, 0.05) is 13.1 Å². The van der Waals surface area contributed by atoms with E-state index in [2.05, 4.69) is 28.2 Å². The summed E-state index contributed by atoms with van der Waals surface area (Å²) in [5, 5.41) is 5.97. The third-order valence-electron chi connectivity index (χ3n) is 2.03. The van der Waals surface area contributed by atoms with Crippen LogP contribution in [0.1, 0.15) is 26.7 Å². The van der Waals surface area contributed by atoms with Crippen molar-refractivity contribution >= 4 is 92.7 Å². The second-order valence-electron chi connectivity index (χ2n) is 4.14. The van der Waals surface area contributed by atoms with E-state index in [1.54, 1.807) is 0 Å². The molecule has 1 heterocycles. The highest BCUT2D eigenvalue weighted by Crippen LogP contribution is 2.84. The van der Waals surface area contributed by atoms with Gasteiger partial charge in [-0.2, -0.15) is 18.1 Å². The molecule has 1 rings (SSSR count). The number of hydrogen-bond donors (Lipinski definition) is 2. The van der Waals surface area contributed by atoms with Crippen molar-refractivity contribution in [3.8, 4) is 0 Å². The fraction of sp³-hybridized carbons (Fsp3) is 1.00. The number of rotatable bonds is 6. The van der Waals surface area contributed by atoms with Crippen LogP contribution in [0.15, 0.2) is 18.1 Å². The van der Waals surface area contributed by atoms with Crippen molar-refractivity contribution < 1.29 is 0 Å². The van der Waals surface area contributed by atoms with Gasteiger partial charge >= 0.3 is 0 Å². The zero-order chi connectivity index (χ0) is 17.1. The predicted molar refractivity (Wildman–Crippen MR) is 109 cm³/mol. The number of hydrogen-bond acceptors (Lipinski definition) is 6. The van der Waals surface area contributed by atoms with Crippen molar-refractivity contribution in [3.05, 3.63) is 0 Å². The molecule has 0 aromatic carbocycles. The largest absolute Gasteiger partial charge is 0.257 e. The summed E-state index contributed by atoms with van der Waals surface area (Å²) in [6, 6.07) is 0. The Kier molecular flexibility index (Phi) is 9.24. The molecule has 2 N–H and O–H groups in total. The van der Waals surface area contributed by atoms with Gasteiger partial charge in [0.25, 0.3) is 11.8 Å². The minimum atomic E-state index is -3.17. The van der Waals surface area contributed by atoms with E-state index >= 15 is 0 Å². The van der Waals surface area contributed by atoms with Gasteiger partial charge in [-0.15, -0.1) is 0 Å². The lowest BCUT2D eigenvalue weighted by molar-refractivity contribution is 0.867. The lowest BCUT2D eigenvalue weighted by Gasteiger charge is -2.23. The van der Waals surface area contributed by atoms with Crippen molar-refractivity contribution in [1.82, 2.24) is 10.2 Å². The Morgan fingerprint density at radius 2 is 0.955 bits per heavy atom. The van der Waals surface area contributed by atoms with Crippen LogP contribution in [0.3, 0.4) is 0 Å². The van der Waals surface area contributed by atoms with E-state index in [0.29, 0.717) is 13.1 Å². The molecule has 1 aliphatic rings. The standard InChI is InChI=1S/C6H16Cl6N6P4/c1-3-5-13-21(11)15-19(7,8)17-22(12,14-6-4-2)18-20(9,10)16-21/h13-14H,3-6H2,1-2H3/t21-,22-. The molecule has 0 radical (unpaired) electrons. The van der Waals surface area contributed by atoms with Gasteiger partial charge in [-0.1, -0.05) is 13.8 Å².